The molecule has 1 atom stereocenters. The van der Waals surface area contributed by atoms with Crippen molar-refractivity contribution < 1.29 is 9.59 Å². The third-order valence-corrected chi connectivity index (χ3v) is 2.60. The molecular formula is C11H23N3O2. The number of nitrogens with two attached hydrogens (primary N) is 1. The molecule has 0 aromatic heterocycles. The highest BCUT2D eigenvalue weighted by atomic mass is 16.2. The lowest BCUT2D eigenvalue weighted by Crippen LogP contribution is -2.53. The van der Waals surface area contributed by atoms with Gasteiger partial charge in [0, 0.05) is 6.04 Å². The highest BCUT2D eigenvalue weighted by Crippen LogP contribution is 2.06. The van der Waals surface area contributed by atoms with Crippen molar-refractivity contribution in [2.24, 2.45) is 11.7 Å². The summed E-state index contributed by atoms with van der Waals surface area (Å²) in [6.07, 6.45) is 1.90. The Hall–Kier alpha value is -1.10. The lowest BCUT2D eigenvalue weighted by atomic mass is 10.0. The van der Waals surface area contributed by atoms with Crippen molar-refractivity contribution >= 4 is 11.9 Å². The van der Waals surface area contributed by atoms with Crippen molar-refractivity contribution in [1.82, 2.24) is 10.6 Å². The Morgan fingerprint density at radius 2 is 1.69 bits per heavy atom. The predicted octanol–water partition coefficient (Wildman–Crippen LogP) is 0.984. The summed E-state index contributed by atoms with van der Waals surface area (Å²) in [5, 5.41) is 5.35. The molecule has 0 aliphatic heterocycles. The molecule has 0 fully saturated rings. The van der Waals surface area contributed by atoms with Gasteiger partial charge in [0.15, 0.2) is 0 Å². The van der Waals surface area contributed by atoms with Crippen LogP contribution in [0.2, 0.25) is 0 Å². The first-order chi connectivity index (χ1) is 7.42. The molecule has 0 heterocycles. The van der Waals surface area contributed by atoms with Gasteiger partial charge in [-0.25, -0.2) is 4.79 Å². The molecule has 94 valence electrons. The van der Waals surface area contributed by atoms with Crippen LogP contribution in [0.25, 0.3) is 0 Å². The first-order valence-electron chi connectivity index (χ1n) is 5.78. The number of rotatable bonds is 6. The topological polar surface area (TPSA) is 84.2 Å². The molecule has 4 N–H and O–H groups in total. The van der Waals surface area contributed by atoms with Gasteiger partial charge in [-0.15, -0.1) is 0 Å². The largest absolute Gasteiger partial charge is 0.351 e. The molecule has 0 radical (unpaired) electrons. The van der Waals surface area contributed by atoms with E-state index in [9.17, 15) is 9.59 Å². The number of imide groups is 1. The predicted molar refractivity (Wildman–Crippen MR) is 63.9 cm³/mol. The van der Waals surface area contributed by atoms with Gasteiger partial charge in [-0.3, -0.25) is 10.1 Å². The number of hydrogen-bond donors (Lipinski definition) is 3. The summed E-state index contributed by atoms with van der Waals surface area (Å²) in [6, 6.07) is -0.898. The smallest absolute Gasteiger partial charge is 0.318 e. The molecule has 0 aromatic rings. The summed E-state index contributed by atoms with van der Waals surface area (Å²) in [7, 11) is 0. The van der Waals surface area contributed by atoms with Gasteiger partial charge in [0.1, 0.15) is 0 Å². The number of urea groups is 1. The monoisotopic (exact) mass is 229 g/mol. The maximum absolute atomic E-state index is 11.7. The normalized spacial score (nSPS) is 12.9. The summed E-state index contributed by atoms with van der Waals surface area (Å²) >= 11 is 0. The van der Waals surface area contributed by atoms with Crippen LogP contribution in [0.15, 0.2) is 0 Å². The molecule has 3 amide bonds. The van der Waals surface area contributed by atoms with Crippen molar-refractivity contribution in [2.75, 3.05) is 0 Å². The summed E-state index contributed by atoms with van der Waals surface area (Å²) in [4.78, 5) is 22.3. The minimum Gasteiger partial charge on any atom is -0.351 e. The summed E-state index contributed by atoms with van der Waals surface area (Å²) in [5.74, 6) is -0.241. The van der Waals surface area contributed by atoms with Crippen LogP contribution < -0.4 is 16.4 Å². The van der Waals surface area contributed by atoms with Crippen molar-refractivity contribution in [1.29, 1.82) is 0 Å². The minimum absolute atomic E-state index is 0.111. The van der Waals surface area contributed by atoms with E-state index in [1.54, 1.807) is 0 Å². The molecular weight excluding hydrogens is 206 g/mol. The van der Waals surface area contributed by atoms with E-state index in [-0.39, 0.29) is 23.9 Å². The Kier molecular flexibility index (Phi) is 6.72. The van der Waals surface area contributed by atoms with Crippen LogP contribution in [0, 0.1) is 5.92 Å². The van der Waals surface area contributed by atoms with E-state index in [1.807, 2.05) is 13.8 Å². The van der Waals surface area contributed by atoms with E-state index < -0.39 is 6.03 Å². The van der Waals surface area contributed by atoms with Crippen molar-refractivity contribution in [3.8, 4) is 0 Å². The molecule has 0 aliphatic rings. The van der Waals surface area contributed by atoms with Crippen molar-refractivity contribution in [3.63, 3.8) is 0 Å². The molecule has 0 saturated heterocycles. The summed E-state index contributed by atoms with van der Waals surface area (Å²) < 4.78 is 0. The molecule has 0 spiro atoms. The third kappa shape index (κ3) is 5.11. The van der Waals surface area contributed by atoms with E-state index in [0.29, 0.717) is 0 Å². The van der Waals surface area contributed by atoms with E-state index in [4.69, 9.17) is 5.73 Å². The van der Waals surface area contributed by atoms with Crippen LogP contribution in [0.3, 0.4) is 0 Å². The fourth-order valence-corrected chi connectivity index (χ4v) is 1.55. The second-order valence-electron chi connectivity index (χ2n) is 4.26. The molecule has 0 rings (SSSR count). The molecule has 5 heteroatoms. The highest BCUT2D eigenvalue weighted by Gasteiger charge is 2.24. The molecule has 0 bridgehead atoms. The van der Waals surface area contributed by atoms with Crippen LogP contribution in [0.5, 0.6) is 0 Å². The molecule has 5 nitrogen and oxygen atoms in total. The summed E-state index contributed by atoms with van der Waals surface area (Å²) in [6.45, 7) is 7.98. The lowest BCUT2D eigenvalue weighted by molar-refractivity contribution is -0.123. The second kappa shape index (κ2) is 7.22. The lowest BCUT2D eigenvalue weighted by Gasteiger charge is -2.25. The van der Waals surface area contributed by atoms with Gasteiger partial charge in [0.25, 0.3) is 0 Å². The Bertz CT molecular complexity index is 237. The quantitative estimate of drug-likeness (QED) is 0.635. The number of hydrogen-bond acceptors (Lipinski definition) is 3. The number of carbonyl (C=O) groups excluding carboxylic acids is 2. The van der Waals surface area contributed by atoms with Crippen LogP contribution in [0.1, 0.15) is 40.5 Å². The zero-order valence-corrected chi connectivity index (χ0v) is 10.5. The Labute approximate surface area is 97.2 Å². The number of amides is 3. The van der Waals surface area contributed by atoms with Crippen LogP contribution in [0.4, 0.5) is 4.79 Å². The molecule has 0 aliphatic carbocycles. The van der Waals surface area contributed by atoms with Crippen LogP contribution >= 0.6 is 0 Å². The second-order valence-corrected chi connectivity index (χ2v) is 4.26. The number of carbonyl (C=O) groups is 2. The number of nitrogens with one attached hydrogen (secondary N) is 2. The van der Waals surface area contributed by atoms with Gasteiger partial charge in [-0.2, -0.15) is 0 Å². The number of primary amides is 1. The zero-order chi connectivity index (χ0) is 12.7. The fraction of sp³-hybridized carbons (Fsp3) is 0.818. The van der Waals surface area contributed by atoms with Gasteiger partial charge >= 0.3 is 6.03 Å². The summed E-state index contributed by atoms with van der Waals surface area (Å²) in [5.41, 5.74) is 4.93. The van der Waals surface area contributed by atoms with E-state index in [2.05, 4.69) is 24.5 Å². The molecule has 0 aromatic carbocycles. The van der Waals surface area contributed by atoms with Gasteiger partial charge in [0.05, 0.1) is 6.04 Å². The first-order valence-corrected chi connectivity index (χ1v) is 5.78. The Morgan fingerprint density at radius 3 is 2.00 bits per heavy atom. The van der Waals surface area contributed by atoms with Gasteiger partial charge in [-0.1, -0.05) is 27.7 Å². The fourth-order valence-electron chi connectivity index (χ4n) is 1.55. The highest BCUT2D eigenvalue weighted by molar-refractivity contribution is 5.96. The van der Waals surface area contributed by atoms with Gasteiger partial charge in [0.2, 0.25) is 5.91 Å². The van der Waals surface area contributed by atoms with Crippen LogP contribution in [-0.4, -0.2) is 24.0 Å². The van der Waals surface area contributed by atoms with E-state index in [1.165, 1.54) is 0 Å². The maximum Gasteiger partial charge on any atom is 0.318 e. The standard InChI is InChI=1S/C11H23N3O2/c1-5-8(6-2)13-9(7(3)4)10(15)14-11(12)16/h7-9,13H,5-6H2,1-4H3,(H3,12,14,15,16). The van der Waals surface area contributed by atoms with Gasteiger partial charge < -0.3 is 11.1 Å². The van der Waals surface area contributed by atoms with Gasteiger partial charge in [-0.05, 0) is 18.8 Å². The maximum atomic E-state index is 11.7. The average molecular weight is 229 g/mol. The Morgan fingerprint density at radius 1 is 1.19 bits per heavy atom. The molecule has 1 unspecified atom stereocenters. The van der Waals surface area contributed by atoms with E-state index >= 15 is 0 Å². The van der Waals surface area contributed by atoms with E-state index in [0.717, 1.165) is 12.8 Å². The Balaban J connectivity index is 4.48. The van der Waals surface area contributed by atoms with Crippen molar-refractivity contribution in [3.05, 3.63) is 0 Å². The first kappa shape index (κ1) is 14.9. The third-order valence-electron chi connectivity index (χ3n) is 2.60. The van der Waals surface area contributed by atoms with Crippen LogP contribution in [-0.2, 0) is 4.79 Å². The average Bonchev–Trinajstić information content (AvgIpc) is 2.17. The SMILES string of the molecule is CCC(CC)NC(C(=O)NC(N)=O)C(C)C. The zero-order valence-electron chi connectivity index (χ0n) is 10.5. The minimum atomic E-state index is -0.804. The van der Waals surface area contributed by atoms with Crippen molar-refractivity contribution in [2.45, 2.75) is 52.6 Å². The molecule has 0 saturated carbocycles. The molecule has 16 heavy (non-hydrogen) atoms.